The van der Waals surface area contributed by atoms with Crippen molar-refractivity contribution in [1.29, 1.82) is 0 Å². The molecule has 5 heteroatoms. The van der Waals surface area contributed by atoms with Gasteiger partial charge < -0.3 is 10.6 Å². The largest absolute Gasteiger partial charge is 0.326 e. The summed E-state index contributed by atoms with van der Waals surface area (Å²) in [5.41, 5.74) is 2.59. The average Bonchev–Trinajstić information content (AvgIpc) is 2.95. The van der Waals surface area contributed by atoms with Crippen molar-refractivity contribution < 1.29 is 4.79 Å². The molecule has 1 aliphatic heterocycles. The molecule has 1 saturated heterocycles. The van der Waals surface area contributed by atoms with Crippen molar-refractivity contribution in [3.63, 3.8) is 0 Å². The van der Waals surface area contributed by atoms with Crippen LogP contribution in [0.2, 0.25) is 0 Å². The number of anilines is 1. The highest BCUT2D eigenvalue weighted by Gasteiger charge is 2.34. The minimum Gasteiger partial charge on any atom is -0.326 e. The topological polar surface area (TPSA) is 54.0 Å². The van der Waals surface area contributed by atoms with Gasteiger partial charge in [-0.2, -0.15) is 0 Å². The average molecular weight is 315 g/mol. The monoisotopic (exact) mass is 315 g/mol. The van der Waals surface area contributed by atoms with E-state index in [1.165, 1.54) is 0 Å². The maximum atomic E-state index is 12.5. The molecule has 0 saturated carbocycles. The Morgan fingerprint density at radius 3 is 2.73 bits per heavy atom. The van der Waals surface area contributed by atoms with E-state index in [1.54, 1.807) is 11.3 Å². The van der Waals surface area contributed by atoms with Gasteiger partial charge in [-0.05, 0) is 45.4 Å². The second-order valence-electron chi connectivity index (χ2n) is 6.12. The summed E-state index contributed by atoms with van der Waals surface area (Å²) in [7, 11) is 0. The molecule has 1 fully saturated rings. The van der Waals surface area contributed by atoms with Gasteiger partial charge in [0.25, 0.3) is 0 Å². The lowest BCUT2D eigenvalue weighted by Gasteiger charge is -2.32. The molecule has 2 aromatic rings. The Kier molecular flexibility index (Phi) is 4.27. The molecule has 1 amide bonds. The minimum absolute atomic E-state index is 0.0944. The van der Waals surface area contributed by atoms with Crippen molar-refractivity contribution in [2.24, 2.45) is 5.41 Å². The molecule has 1 aromatic carbocycles. The number of nitrogens with zero attached hydrogens (tertiary/aromatic N) is 1. The molecular weight excluding hydrogens is 294 g/mol. The molecule has 1 aromatic heterocycles. The van der Waals surface area contributed by atoms with E-state index in [9.17, 15) is 4.79 Å². The highest BCUT2D eigenvalue weighted by atomic mass is 32.1. The first-order valence-electron chi connectivity index (χ1n) is 7.62. The second kappa shape index (κ2) is 6.18. The molecule has 4 nitrogen and oxygen atoms in total. The quantitative estimate of drug-likeness (QED) is 0.912. The number of rotatable bonds is 3. The summed E-state index contributed by atoms with van der Waals surface area (Å²) < 4.78 is 0. The van der Waals surface area contributed by atoms with Gasteiger partial charge in [0.15, 0.2) is 0 Å². The molecule has 1 unspecified atom stereocenters. The third-order valence-electron chi connectivity index (χ3n) is 4.20. The zero-order valence-electron chi connectivity index (χ0n) is 13.0. The van der Waals surface area contributed by atoms with Crippen molar-refractivity contribution in [3.8, 4) is 11.3 Å². The molecule has 116 valence electrons. The smallest absolute Gasteiger partial charge is 0.231 e. The van der Waals surface area contributed by atoms with Crippen molar-refractivity contribution >= 4 is 22.9 Å². The van der Waals surface area contributed by atoms with Crippen LogP contribution < -0.4 is 10.6 Å². The Bertz CT molecular complexity index is 657. The van der Waals surface area contributed by atoms with Gasteiger partial charge in [-0.25, -0.2) is 4.98 Å². The normalized spacial score (nSPS) is 21.5. The van der Waals surface area contributed by atoms with Crippen molar-refractivity contribution in [2.45, 2.75) is 26.7 Å². The number of hydrogen-bond acceptors (Lipinski definition) is 4. The van der Waals surface area contributed by atoms with E-state index in [4.69, 9.17) is 0 Å². The zero-order chi connectivity index (χ0) is 15.6. The predicted molar refractivity (Wildman–Crippen MR) is 91.1 cm³/mol. The molecule has 0 bridgehead atoms. The number of hydrogen-bond donors (Lipinski definition) is 2. The summed E-state index contributed by atoms with van der Waals surface area (Å²) in [6.07, 6.45) is 1.98. The highest BCUT2D eigenvalue weighted by molar-refractivity contribution is 7.09. The Hall–Kier alpha value is -1.72. The van der Waals surface area contributed by atoms with Gasteiger partial charge in [0, 0.05) is 23.2 Å². The van der Waals surface area contributed by atoms with E-state index in [2.05, 4.69) is 21.0 Å². The van der Waals surface area contributed by atoms with Gasteiger partial charge in [0.05, 0.1) is 16.1 Å². The van der Waals surface area contributed by atoms with Gasteiger partial charge in [-0.15, -0.1) is 11.3 Å². The predicted octanol–water partition coefficient (Wildman–Crippen LogP) is 3.45. The molecular formula is C17H21N3OS. The SMILES string of the molecule is Cc1nc(-c2ccc(NC(=O)C3(C)CCCNC3)cc2)cs1. The third kappa shape index (κ3) is 3.20. The van der Waals surface area contributed by atoms with Crippen LogP contribution in [0.1, 0.15) is 24.8 Å². The van der Waals surface area contributed by atoms with E-state index >= 15 is 0 Å². The lowest BCUT2D eigenvalue weighted by molar-refractivity contribution is -0.125. The van der Waals surface area contributed by atoms with E-state index in [0.717, 1.165) is 47.9 Å². The number of piperidine rings is 1. The first-order valence-corrected chi connectivity index (χ1v) is 8.50. The zero-order valence-corrected chi connectivity index (χ0v) is 13.8. The van der Waals surface area contributed by atoms with Gasteiger partial charge >= 0.3 is 0 Å². The van der Waals surface area contributed by atoms with Gasteiger partial charge in [0.1, 0.15) is 0 Å². The lowest BCUT2D eigenvalue weighted by Crippen LogP contribution is -2.46. The number of amides is 1. The molecule has 3 rings (SSSR count). The number of nitrogens with one attached hydrogen (secondary N) is 2. The Morgan fingerprint density at radius 2 is 2.14 bits per heavy atom. The van der Waals surface area contributed by atoms with Gasteiger partial charge in [0.2, 0.25) is 5.91 Å². The Morgan fingerprint density at radius 1 is 1.36 bits per heavy atom. The van der Waals surface area contributed by atoms with Crippen molar-refractivity contribution in [1.82, 2.24) is 10.3 Å². The van der Waals surface area contributed by atoms with Crippen LogP contribution in [0, 0.1) is 12.3 Å². The van der Waals surface area contributed by atoms with Crippen LogP contribution in [0.4, 0.5) is 5.69 Å². The van der Waals surface area contributed by atoms with Crippen LogP contribution in [0.25, 0.3) is 11.3 Å². The summed E-state index contributed by atoms with van der Waals surface area (Å²) in [6.45, 7) is 5.78. The summed E-state index contributed by atoms with van der Waals surface area (Å²) in [5.74, 6) is 0.0944. The molecule has 0 aliphatic carbocycles. The summed E-state index contributed by atoms with van der Waals surface area (Å²) in [5, 5.41) is 9.46. The fourth-order valence-corrected chi connectivity index (χ4v) is 3.37. The standard InChI is InChI=1S/C17H21N3OS/c1-12-19-15(10-22-12)13-4-6-14(7-5-13)20-16(21)17(2)8-3-9-18-11-17/h4-7,10,18H,3,8-9,11H2,1-2H3,(H,20,21). The highest BCUT2D eigenvalue weighted by Crippen LogP contribution is 2.28. The maximum Gasteiger partial charge on any atom is 0.231 e. The Balaban J connectivity index is 1.69. The fourth-order valence-electron chi connectivity index (χ4n) is 2.75. The van der Waals surface area contributed by atoms with Crippen LogP contribution in [0.5, 0.6) is 0 Å². The molecule has 1 atom stereocenters. The first kappa shape index (κ1) is 15.2. The number of carbonyl (C=O) groups is 1. The van der Waals surface area contributed by atoms with Crippen LogP contribution in [0.3, 0.4) is 0 Å². The number of aryl methyl sites for hydroxylation is 1. The molecule has 0 spiro atoms. The first-order chi connectivity index (χ1) is 10.6. The third-order valence-corrected chi connectivity index (χ3v) is 4.98. The van der Waals surface area contributed by atoms with Crippen molar-refractivity contribution in [2.75, 3.05) is 18.4 Å². The number of thiazole rings is 1. The summed E-state index contributed by atoms with van der Waals surface area (Å²) >= 11 is 1.64. The number of benzene rings is 1. The molecule has 0 radical (unpaired) electrons. The molecule has 22 heavy (non-hydrogen) atoms. The van der Waals surface area contributed by atoms with E-state index in [0.29, 0.717) is 0 Å². The second-order valence-corrected chi connectivity index (χ2v) is 7.19. The maximum absolute atomic E-state index is 12.5. The Labute approximate surface area is 135 Å². The number of aromatic nitrogens is 1. The van der Waals surface area contributed by atoms with Crippen molar-refractivity contribution in [3.05, 3.63) is 34.7 Å². The van der Waals surface area contributed by atoms with Gasteiger partial charge in [-0.1, -0.05) is 12.1 Å². The van der Waals surface area contributed by atoms with Crippen LogP contribution in [-0.4, -0.2) is 24.0 Å². The minimum atomic E-state index is -0.317. The van der Waals surface area contributed by atoms with Crippen LogP contribution >= 0.6 is 11.3 Å². The van der Waals surface area contributed by atoms with Crippen LogP contribution in [-0.2, 0) is 4.79 Å². The van der Waals surface area contributed by atoms with Gasteiger partial charge in [-0.3, -0.25) is 4.79 Å². The molecule has 1 aliphatic rings. The fraction of sp³-hybridized carbons (Fsp3) is 0.412. The summed E-state index contributed by atoms with van der Waals surface area (Å²) in [6, 6.07) is 7.90. The van der Waals surface area contributed by atoms with E-state index < -0.39 is 0 Å². The number of carbonyl (C=O) groups excluding carboxylic acids is 1. The van der Waals surface area contributed by atoms with E-state index in [1.807, 2.05) is 38.1 Å². The lowest BCUT2D eigenvalue weighted by atomic mass is 9.82. The van der Waals surface area contributed by atoms with E-state index in [-0.39, 0.29) is 11.3 Å². The molecule has 2 heterocycles. The molecule has 2 N–H and O–H groups in total. The van der Waals surface area contributed by atoms with Crippen LogP contribution in [0.15, 0.2) is 29.6 Å². The summed E-state index contributed by atoms with van der Waals surface area (Å²) in [4.78, 5) is 17.0.